The van der Waals surface area contributed by atoms with Gasteiger partial charge in [-0.15, -0.1) is 10.3 Å². The smallest absolute Gasteiger partial charge is 0.246 e. The maximum atomic E-state index is 12.3. The summed E-state index contributed by atoms with van der Waals surface area (Å²) in [6, 6.07) is 0. The molecular formula is C27H52N3O5. The molecule has 0 aromatic carbocycles. The van der Waals surface area contributed by atoms with Crippen molar-refractivity contribution in [1.29, 1.82) is 0 Å². The average molecular weight is 499 g/mol. The lowest BCUT2D eigenvalue weighted by Crippen LogP contribution is -2.53. The minimum atomic E-state index is -1.07. The monoisotopic (exact) mass is 498 g/mol. The minimum Gasteiger partial charge on any atom is -0.370 e. The zero-order chi connectivity index (χ0) is 26.0. The molecular weight excluding hydrogens is 446 g/mol. The van der Waals surface area contributed by atoms with Gasteiger partial charge in [0, 0.05) is 13.0 Å². The second-order valence-corrected chi connectivity index (χ2v) is 10.7. The Labute approximate surface area is 213 Å². The summed E-state index contributed by atoms with van der Waals surface area (Å²) in [7, 11) is 0. The average Bonchev–Trinajstić information content (AvgIpc) is 3.04. The first-order chi connectivity index (χ1) is 16.7. The second-order valence-electron chi connectivity index (χ2n) is 10.7. The summed E-state index contributed by atoms with van der Waals surface area (Å²) in [6.45, 7) is 8.49. The van der Waals surface area contributed by atoms with Crippen LogP contribution in [0, 0.1) is 0 Å². The van der Waals surface area contributed by atoms with E-state index in [1.54, 1.807) is 6.92 Å². The third-order valence-corrected chi connectivity index (χ3v) is 6.64. The number of carbonyl (C=O) groups excluding carboxylic acids is 2. The van der Waals surface area contributed by atoms with Gasteiger partial charge in [0.15, 0.2) is 5.72 Å². The highest BCUT2D eigenvalue weighted by Gasteiger charge is 2.50. The molecule has 0 spiro atoms. The number of unbranched alkanes of at least 4 members (excludes halogenated alkanes) is 12. The maximum Gasteiger partial charge on any atom is 0.246 e. The van der Waals surface area contributed by atoms with Crippen LogP contribution < -0.4 is 10.6 Å². The molecule has 1 fully saturated rings. The molecule has 1 saturated heterocycles. The van der Waals surface area contributed by atoms with Gasteiger partial charge in [-0.2, -0.15) is 0 Å². The molecule has 8 nitrogen and oxygen atoms in total. The standard InChI is InChI=1S/C27H52N3O5/c1-5-6-7-8-9-10-11-12-13-14-15-16-17-18-24(31)28-19-20-34-21-25(32)29-22-27(4)30(33)26(2,3)23-35-27/h5-23H2,1-4H3,(H,28,31)(H,29,32). The Hall–Kier alpha value is -1.22. The van der Waals surface area contributed by atoms with Gasteiger partial charge in [0.25, 0.3) is 0 Å². The van der Waals surface area contributed by atoms with E-state index in [2.05, 4.69) is 17.6 Å². The van der Waals surface area contributed by atoms with Crippen LogP contribution in [0.2, 0.25) is 0 Å². The van der Waals surface area contributed by atoms with Crippen LogP contribution in [0.3, 0.4) is 0 Å². The van der Waals surface area contributed by atoms with Crippen LogP contribution in [-0.4, -0.2) is 61.1 Å². The molecule has 0 aromatic heterocycles. The number of nitrogens with one attached hydrogen (secondary N) is 2. The fraction of sp³-hybridized carbons (Fsp3) is 0.926. The van der Waals surface area contributed by atoms with Crippen molar-refractivity contribution in [2.75, 3.05) is 32.9 Å². The highest BCUT2D eigenvalue weighted by molar-refractivity contribution is 5.77. The van der Waals surface area contributed by atoms with E-state index in [4.69, 9.17) is 9.47 Å². The van der Waals surface area contributed by atoms with E-state index in [1.165, 1.54) is 70.6 Å². The fourth-order valence-electron chi connectivity index (χ4n) is 4.35. The summed E-state index contributed by atoms with van der Waals surface area (Å²) in [5.74, 6) is -0.281. The van der Waals surface area contributed by atoms with Crippen LogP contribution >= 0.6 is 0 Å². The number of amides is 2. The Morgan fingerprint density at radius 1 is 0.829 bits per heavy atom. The van der Waals surface area contributed by atoms with Crippen LogP contribution in [0.5, 0.6) is 0 Å². The summed E-state index contributed by atoms with van der Waals surface area (Å²) in [5.41, 5.74) is -1.68. The van der Waals surface area contributed by atoms with Crippen LogP contribution in [-0.2, 0) is 24.3 Å². The predicted molar refractivity (Wildman–Crippen MR) is 138 cm³/mol. The molecule has 1 aliphatic heterocycles. The minimum absolute atomic E-state index is 0.0329. The molecule has 1 aliphatic rings. The van der Waals surface area contributed by atoms with E-state index < -0.39 is 11.3 Å². The SMILES string of the molecule is CCCCCCCCCCCCCCCC(=O)NCCOCC(=O)NCC1(C)OCC(C)(C)N1[O]. The second kappa shape index (κ2) is 18.1. The van der Waals surface area contributed by atoms with Gasteiger partial charge in [0.2, 0.25) is 11.8 Å². The van der Waals surface area contributed by atoms with E-state index in [9.17, 15) is 14.8 Å². The van der Waals surface area contributed by atoms with Crippen molar-refractivity contribution >= 4 is 11.8 Å². The van der Waals surface area contributed by atoms with Crippen molar-refractivity contribution in [2.45, 2.75) is 129 Å². The van der Waals surface area contributed by atoms with Gasteiger partial charge in [0.1, 0.15) is 6.61 Å². The van der Waals surface area contributed by atoms with Gasteiger partial charge in [-0.1, -0.05) is 84.0 Å². The fourth-order valence-corrected chi connectivity index (χ4v) is 4.35. The molecule has 8 heteroatoms. The van der Waals surface area contributed by atoms with Crippen LogP contribution in [0.1, 0.15) is 118 Å². The molecule has 0 bridgehead atoms. The molecule has 2 N–H and O–H groups in total. The highest BCUT2D eigenvalue weighted by atomic mass is 16.6. The van der Waals surface area contributed by atoms with Gasteiger partial charge in [-0.25, -0.2) is 0 Å². The Morgan fingerprint density at radius 3 is 1.89 bits per heavy atom. The molecule has 0 aromatic rings. The van der Waals surface area contributed by atoms with E-state index in [0.29, 0.717) is 19.6 Å². The lowest BCUT2D eigenvalue weighted by atomic mass is 10.0. The topological polar surface area (TPSA) is 99.8 Å². The number of nitrogens with zero attached hydrogens (tertiary/aromatic N) is 1. The Bertz CT molecular complexity index is 587. The quantitative estimate of drug-likeness (QED) is 0.220. The summed E-state index contributed by atoms with van der Waals surface area (Å²) < 4.78 is 10.9. The van der Waals surface area contributed by atoms with E-state index in [-0.39, 0.29) is 31.6 Å². The van der Waals surface area contributed by atoms with Crippen molar-refractivity contribution in [2.24, 2.45) is 0 Å². The maximum absolute atomic E-state index is 12.3. The number of rotatable bonds is 21. The molecule has 1 rings (SSSR count). The molecule has 35 heavy (non-hydrogen) atoms. The molecule has 1 atom stereocenters. The van der Waals surface area contributed by atoms with Crippen molar-refractivity contribution in [3.05, 3.63) is 0 Å². The van der Waals surface area contributed by atoms with E-state index >= 15 is 0 Å². The lowest BCUT2D eigenvalue weighted by Gasteiger charge is -2.32. The molecule has 0 saturated carbocycles. The normalized spacial score (nSPS) is 19.7. The Kier molecular flexibility index (Phi) is 16.4. The highest BCUT2D eigenvalue weighted by Crippen LogP contribution is 2.32. The first-order valence-corrected chi connectivity index (χ1v) is 13.9. The number of hydroxylamine groups is 2. The number of ether oxygens (including phenoxy) is 2. The predicted octanol–water partition coefficient (Wildman–Crippen LogP) is 4.89. The number of hydrogen-bond donors (Lipinski definition) is 2. The van der Waals surface area contributed by atoms with Crippen LogP contribution in [0.25, 0.3) is 0 Å². The van der Waals surface area contributed by atoms with Crippen LogP contribution in [0.15, 0.2) is 0 Å². The van der Waals surface area contributed by atoms with Crippen molar-refractivity contribution in [1.82, 2.24) is 15.7 Å². The Morgan fingerprint density at radius 2 is 1.37 bits per heavy atom. The number of carbonyl (C=O) groups is 2. The van der Waals surface area contributed by atoms with Crippen molar-refractivity contribution in [3.8, 4) is 0 Å². The zero-order valence-electron chi connectivity index (χ0n) is 22.9. The van der Waals surface area contributed by atoms with E-state index in [1.807, 2.05) is 13.8 Å². The molecule has 0 aliphatic carbocycles. The first kappa shape index (κ1) is 31.8. The molecule has 1 unspecified atom stereocenters. The van der Waals surface area contributed by atoms with Gasteiger partial charge < -0.3 is 20.1 Å². The molecule has 2 amide bonds. The van der Waals surface area contributed by atoms with Crippen molar-refractivity contribution < 1.29 is 24.3 Å². The van der Waals surface area contributed by atoms with Crippen LogP contribution in [0.4, 0.5) is 0 Å². The van der Waals surface area contributed by atoms with Gasteiger partial charge in [-0.05, 0) is 27.2 Å². The third kappa shape index (κ3) is 14.2. The van der Waals surface area contributed by atoms with E-state index in [0.717, 1.165) is 17.9 Å². The van der Waals surface area contributed by atoms with Crippen molar-refractivity contribution in [3.63, 3.8) is 0 Å². The Balaban J connectivity index is 1.88. The summed E-state index contributed by atoms with van der Waals surface area (Å²) in [6.07, 6.45) is 17.3. The van der Waals surface area contributed by atoms with Gasteiger partial charge in [0.05, 0.1) is 25.3 Å². The third-order valence-electron chi connectivity index (χ3n) is 6.64. The molecule has 205 valence electrons. The van der Waals surface area contributed by atoms with Gasteiger partial charge >= 0.3 is 0 Å². The zero-order valence-corrected chi connectivity index (χ0v) is 22.9. The first-order valence-electron chi connectivity index (χ1n) is 13.9. The largest absolute Gasteiger partial charge is 0.370 e. The summed E-state index contributed by atoms with van der Waals surface area (Å²) >= 11 is 0. The lowest BCUT2D eigenvalue weighted by molar-refractivity contribution is -0.281. The summed E-state index contributed by atoms with van der Waals surface area (Å²) in [4.78, 5) is 23.9. The molecule has 1 radical (unpaired) electrons. The summed E-state index contributed by atoms with van der Waals surface area (Å²) in [5, 5.41) is 18.7. The number of hydrogen-bond acceptors (Lipinski definition) is 5. The molecule has 1 heterocycles. The van der Waals surface area contributed by atoms with Gasteiger partial charge in [-0.3, -0.25) is 9.59 Å².